The summed E-state index contributed by atoms with van der Waals surface area (Å²) in [5.41, 5.74) is 3.05. The number of hydrogen-bond acceptors (Lipinski definition) is 7. The van der Waals surface area contributed by atoms with Crippen LogP contribution in [0.2, 0.25) is 0 Å². The highest BCUT2D eigenvalue weighted by Crippen LogP contribution is 2.46. The Labute approximate surface area is 171 Å². The van der Waals surface area contributed by atoms with Gasteiger partial charge in [-0.1, -0.05) is 17.7 Å². The molecule has 0 amide bonds. The van der Waals surface area contributed by atoms with Crippen molar-refractivity contribution in [2.75, 3.05) is 26.3 Å². The van der Waals surface area contributed by atoms with Crippen LogP contribution in [0.15, 0.2) is 17.9 Å². The quantitative estimate of drug-likeness (QED) is 0.692. The van der Waals surface area contributed by atoms with Crippen LogP contribution in [0, 0.1) is 20.8 Å². The Bertz CT molecular complexity index is 813. The highest BCUT2D eigenvalue weighted by Gasteiger charge is 2.53. The molecule has 2 aliphatic heterocycles. The summed E-state index contributed by atoms with van der Waals surface area (Å²) in [6.45, 7) is 11.4. The highest BCUT2D eigenvalue weighted by atomic mass is 16.7. The van der Waals surface area contributed by atoms with E-state index in [1.165, 1.54) is 0 Å². The van der Waals surface area contributed by atoms with Crippen LogP contribution in [0.1, 0.15) is 48.9 Å². The van der Waals surface area contributed by atoms with Gasteiger partial charge in [0.2, 0.25) is 0 Å². The summed E-state index contributed by atoms with van der Waals surface area (Å²) in [5.74, 6) is -0.212. The zero-order chi connectivity index (χ0) is 21.2. The molecular weight excluding hydrogens is 374 g/mol. The molecule has 1 fully saturated rings. The van der Waals surface area contributed by atoms with Gasteiger partial charge in [-0.2, -0.15) is 5.06 Å². The fraction of sp³-hybridized carbons (Fsp3) is 0.545. The Hall–Kier alpha value is -2.38. The lowest BCUT2D eigenvalue weighted by Crippen LogP contribution is -2.46. The predicted octanol–water partition coefficient (Wildman–Crippen LogP) is 3.84. The van der Waals surface area contributed by atoms with Gasteiger partial charge in [-0.15, -0.1) is 0 Å². The highest BCUT2D eigenvalue weighted by molar-refractivity contribution is 6.20. The van der Waals surface area contributed by atoms with Gasteiger partial charge in [0.05, 0.1) is 13.2 Å². The third kappa shape index (κ3) is 4.16. The van der Waals surface area contributed by atoms with Crippen molar-refractivity contribution in [3.05, 3.63) is 40.1 Å². The van der Waals surface area contributed by atoms with E-state index in [0.29, 0.717) is 38.1 Å². The molecule has 0 radical (unpaired) electrons. The van der Waals surface area contributed by atoms with Crippen molar-refractivity contribution in [3.8, 4) is 0 Å². The molecule has 0 saturated carbocycles. The smallest absolute Gasteiger partial charge is 0.447 e. The Morgan fingerprint density at radius 2 is 1.72 bits per heavy atom. The molecule has 1 aromatic carbocycles. The first-order valence-electron chi connectivity index (χ1n) is 10.1. The van der Waals surface area contributed by atoms with Gasteiger partial charge in [-0.3, -0.25) is 4.84 Å². The van der Waals surface area contributed by atoms with E-state index in [0.717, 1.165) is 22.3 Å². The number of esters is 1. The number of hydrogen-bond donors (Lipinski definition) is 0. The van der Waals surface area contributed by atoms with Crippen molar-refractivity contribution in [2.24, 2.45) is 0 Å². The molecule has 0 aromatic heterocycles. The van der Waals surface area contributed by atoms with Crippen LogP contribution < -0.4 is 0 Å². The molecule has 0 bridgehead atoms. The van der Waals surface area contributed by atoms with Gasteiger partial charge in [0.25, 0.3) is 0 Å². The minimum atomic E-state index is -0.990. The lowest BCUT2D eigenvalue weighted by atomic mass is 9.86. The summed E-state index contributed by atoms with van der Waals surface area (Å²) in [7, 11) is 0. The molecule has 0 aliphatic carbocycles. The van der Waals surface area contributed by atoms with Crippen LogP contribution in [-0.4, -0.2) is 49.1 Å². The largest absolute Gasteiger partial charge is 0.513 e. The van der Waals surface area contributed by atoms with E-state index < -0.39 is 17.7 Å². The van der Waals surface area contributed by atoms with E-state index in [-0.39, 0.29) is 12.4 Å². The topological polar surface area (TPSA) is 74.3 Å². The van der Waals surface area contributed by atoms with Crippen LogP contribution in [0.3, 0.4) is 0 Å². The molecule has 0 unspecified atom stereocenters. The third-order valence-corrected chi connectivity index (χ3v) is 5.35. The maximum Gasteiger partial charge on any atom is 0.513 e. The molecule has 1 saturated heterocycles. The summed E-state index contributed by atoms with van der Waals surface area (Å²) >= 11 is 0. The fourth-order valence-electron chi connectivity index (χ4n) is 4.25. The van der Waals surface area contributed by atoms with Gasteiger partial charge < -0.3 is 14.2 Å². The lowest BCUT2D eigenvalue weighted by Gasteiger charge is -2.37. The molecule has 1 aromatic rings. The Balaban J connectivity index is 2.08. The molecule has 158 valence electrons. The molecule has 7 heteroatoms. The maximum atomic E-state index is 13.0. The fourth-order valence-corrected chi connectivity index (χ4v) is 4.25. The van der Waals surface area contributed by atoms with Gasteiger partial charge in [0, 0.05) is 25.9 Å². The van der Waals surface area contributed by atoms with Crippen molar-refractivity contribution < 1.29 is 28.6 Å². The number of piperidine rings is 1. The molecular formula is C22H29NO6. The van der Waals surface area contributed by atoms with Gasteiger partial charge in [0.1, 0.15) is 5.57 Å². The Morgan fingerprint density at radius 3 is 2.28 bits per heavy atom. The molecule has 7 nitrogen and oxygen atoms in total. The molecule has 1 spiro atoms. The van der Waals surface area contributed by atoms with Gasteiger partial charge in [-0.05, 0) is 51.3 Å². The normalized spacial score (nSPS) is 18.9. The minimum Gasteiger partial charge on any atom is -0.447 e. The van der Waals surface area contributed by atoms with E-state index in [9.17, 15) is 9.59 Å². The average molecular weight is 403 g/mol. The second-order valence-corrected chi connectivity index (χ2v) is 7.49. The second-order valence-electron chi connectivity index (χ2n) is 7.49. The van der Waals surface area contributed by atoms with Crippen LogP contribution in [0.5, 0.6) is 0 Å². The first-order valence-corrected chi connectivity index (χ1v) is 10.1. The lowest BCUT2D eigenvalue weighted by molar-refractivity contribution is -0.195. The van der Waals surface area contributed by atoms with Crippen molar-refractivity contribution in [1.29, 1.82) is 0 Å². The SMILES string of the molecule is CCOC(=O)OC1=C(c2c(C)cc(C)cc2C)C(=O)OC12CCN(OCC)CC2. The summed E-state index contributed by atoms with van der Waals surface area (Å²) in [6, 6.07) is 4.01. The van der Waals surface area contributed by atoms with Gasteiger partial charge in [0.15, 0.2) is 11.4 Å². The van der Waals surface area contributed by atoms with Crippen LogP contribution in [-0.2, 0) is 23.8 Å². The summed E-state index contributed by atoms with van der Waals surface area (Å²) in [6.07, 6.45) is 0.120. The van der Waals surface area contributed by atoms with E-state index in [2.05, 4.69) is 0 Å². The van der Waals surface area contributed by atoms with Gasteiger partial charge in [-0.25, -0.2) is 9.59 Å². The maximum absolute atomic E-state index is 13.0. The molecule has 3 rings (SSSR count). The van der Waals surface area contributed by atoms with Crippen molar-refractivity contribution in [2.45, 2.75) is 53.1 Å². The molecule has 0 atom stereocenters. The number of nitrogens with zero attached hydrogens (tertiary/aromatic N) is 1. The van der Waals surface area contributed by atoms with E-state index in [4.69, 9.17) is 19.0 Å². The molecule has 29 heavy (non-hydrogen) atoms. The third-order valence-electron chi connectivity index (χ3n) is 5.35. The molecule has 2 aliphatic rings. The number of rotatable bonds is 5. The summed E-state index contributed by atoms with van der Waals surface area (Å²) in [4.78, 5) is 30.8. The van der Waals surface area contributed by atoms with Crippen molar-refractivity contribution in [3.63, 3.8) is 0 Å². The molecule has 2 heterocycles. The number of aryl methyl sites for hydroxylation is 3. The molecule has 0 N–H and O–H groups in total. The monoisotopic (exact) mass is 403 g/mol. The standard InChI is InChI=1S/C22H29NO6/c1-6-26-21(25)28-19-18(17-15(4)12-14(3)13-16(17)5)20(24)29-22(19)8-10-23(11-9-22)27-7-2/h12-13H,6-11H2,1-5H3. The zero-order valence-corrected chi connectivity index (χ0v) is 17.8. The number of benzene rings is 1. The number of carbonyl (C=O) groups excluding carboxylic acids is 2. The average Bonchev–Trinajstić information content (AvgIpc) is 2.89. The van der Waals surface area contributed by atoms with Crippen LogP contribution in [0.4, 0.5) is 4.79 Å². The van der Waals surface area contributed by atoms with Crippen LogP contribution >= 0.6 is 0 Å². The predicted molar refractivity (Wildman–Crippen MR) is 107 cm³/mol. The first-order chi connectivity index (χ1) is 13.8. The summed E-state index contributed by atoms with van der Waals surface area (Å²) < 4.78 is 16.5. The summed E-state index contributed by atoms with van der Waals surface area (Å²) in [5, 5.41) is 1.85. The number of hydroxylamine groups is 2. The first kappa shape index (κ1) is 21.3. The second kappa shape index (κ2) is 8.55. The Kier molecular flexibility index (Phi) is 6.29. The number of carbonyl (C=O) groups is 2. The van der Waals surface area contributed by atoms with Gasteiger partial charge >= 0.3 is 12.1 Å². The zero-order valence-electron chi connectivity index (χ0n) is 17.8. The van der Waals surface area contributed by atoms with Crippen molar-refractivity contribution in [1.82, 2.24) is 5.06 Å². The minimum absolute atomic E-state index is 0.184. The Morgan fingerprint density at radius 1 is 1.10 bits per heavy atom. The number of ether oxygens (including phenoxy) is 3. The van der Waals surface area contributed by atoms with E-state index in [1.807, 2.05) is 44.9 Å². The van der Waals surface area contributed by atoms with E-state index in [1.54, 1.807) is 6.92 Å². The van der Waals surface area contributed by atoms with Crippen molar-refractivity contribution >= 4 is 17.7 Å². The van der Waals surface area contributed by atoms with Crippen LogP contribution in [0.25, 0.3) is 5.57 Å². The van der Waals surface area contributed by atoms with E-state index >= 15 is 0 Å².